The summed E-state index contributed by atoms with van der Waals surface area (Å²) in [7, 11) is 0. The van der Waals surface area contributed by atoms with Gasteiger partial charge in [-0.05, 0) is 35.4 Å². The molecule has 0 aliphatic rings. The number of hydrogen-bond acceptors (Lipinski definition) is 3. The second-order valence-corrected chi connectivity index (χ2v) is 7.52. The van der Waals surface area contributed by atoms with Crippen LogP contribution in [-0.4, -0.2) is 12.4 Å². The van der Waals surface area contributed by atoms with Crippen molar-refractivity contribution in [3.8, 4) is 22.3 Å². The van der Waals surface area contributed by atoms with E-state index in [-0.39, 0.29) is 0 Å². The first-order valence-electron chi connectivity index (χ1n) is 10.8. The van der Waals surface area contributed by atoms with Crippen LogP contribution in [0.15, 0.2) is 136 Å². The summed E-state index contributed by atoms with van der Waals surface area (Å²) < 4.78 is 5.92. The van der Waals surface area contributed by atoms with Crippen LogP contribution in [0.25, 0.3) is 22.3 Å². The first-order valence-corrected chi connectivity index (χ1v) is 10.8. The molecule has 33 heavy (non-hydrogen) atoms. The smallest absolute Gasteiger partial charge is 0.145 e. The molecule has 4 aromatic carbocycles. The molecule has 0 spiro atoms. The molecule has 3 heteroatoms. The van der Waals surface area contributed by atoms with E-state index in [1.54, 1.807) is 12.4 Å². The normalized spacial score (nSPS) is 11.4. The summed E-state index contributed by atoms with van der Waals surface area (Å²) in [5.41, 5.74) is 6.23. The summed E-state index contributed by atoms with van der Waals surface area (Å²) in [5.74, 6) is 1.35. The van der Waals surface area contributed by atoms with Crippen molar-refractivity contribution in [3.63, 3.8) is 0 Å². The molecule has 0 unspecified atom stereocenters. The van der Waals surface area contributed by atoms with Crippen molar-refractivity contribution < 1.29 is 4.42 Å². The molecule has 1 aromatic heterocycles. The van der Waals surface area contributed by atoms with Gasteiger partial charge < -0.3 is 4.42 Å². The van der Waals surface area contributed by atoms with Gasteiger partial charge in [-0.1, -0.05) is 97.1 Å². The van der Waals surface area contributed by atoms with Gasteiger partial charge in [-0.2, -0.15) is 0 Å². The monoisotopic (exact) mass is 426 g/mol. The van der Waals surface area contributed by atoms with Crippen molar-refractivity contribution in [2.24, 2.45) is 9.98 Å². The lowest BCUT2D eigenvalue weighted by molar-refractivity contribution is 0.553. The molecule has 1 heterocycles. The predicted octanol–water partition coefficient (Wildman–Crippen LogP) is 8.11. The molecule has 0 saturated heterocycles. The first kappa shape index (κ1) is 20.4. The molecular formula is C30H22N2O. The van der Waals surface area contributed by atoms with E-state index < -0.39 is 0 Å². The standard InChI is InChI=1S/C30H22N2O/c1-3-11-23(12-4-1)27-15-7-9-17-29(27)31-21-25-19-20-26(33-25)22-32-30-18-10-8-16-28(30)24-13-5-2-6-14-24/h1-22H. The number of aliphatic imine (C=N–C) groups is 2. The summed E-state index contributed by atoms with van der Waals surface area (Å²) in [6.07, 6.45) is 3.49. The van der Waals surface area contributed by atoms with Gasteiger partial charge in [0.1, 0.15) is 11.5 Å². The van der Waals surface area contributed by atoms with Crippen LogP contribution in [0, 0.1) is 0 Å². The van der Waals surface area contributed by atoms with Crippen molar-refractivity contribution in [2.75, 3.05) is 0 Å². The molecule has 0 bridgehead atoms. The molecule has 0 saturated carbocycles. The van der Waals surface area contributed by atoms with Crippen LogP contribution in [0.4, 0.5) is 11.4 Å². The number of rotatable bonds is 6. The number of hydrogen-bond donors (Lipinski definition) is 0. The molecule has 0 radical (unpaired) electrons. The maximum absolute atomic E-state index is 5.92. The van der Waals surface area contributed by atoms with Gasteiger partial charge in [0.05, 0.1) is 23.8 Å². The third-order valence-electron chi connectivity index (χ3n) is 5.29. The average Bonchev–Trinajstić information content (AvgIpc) is 3.35. The van der Waals surface area contributed by atoms with E-state index in [2.05, 4.69) is 46.4 Å². The maximum Gasteiger partial charge on any atom is 0.145 e. The van der Waals surface area contributed by atoms with E-state index in [0.29, 0.717) is 11.5 Å². The molecule has 0 aliphatic heterocycles. The minimum absolute atomic E-state index is 0.677. The Labute approximate surface area is 193 Å². The molecule has 0 aliphatic carbocycles. The highest BCUT2D eigenvalue weighted by atomic mass is 16.3. The zero-order valence-corrected chi connectivity index (χ0v) is 18.0. The van der Waals surface area contributed by atoms with Gasteiger partial charge in [0.25, 0.3) is 0 Å². The molecule has 0 amide bonds. The van der Waals surface area contributed by atoms with Gasteiger partial charge in [0.2, 0.25) is 0 Å². The van der Waals surface area contributed by atoms with Crippen LogP contribution in [-0.2, 0) is 0 Å². The Morgan fingerprint density at radius 1 is 0.424 bits per heavy atom. The second kappa shape index (κ2) is 9.75. The predicted molar refractivity (Wildman–Crippen MR) is 137 cm³/mol. The Bertz CT molecular complexity index is 1290. The Morgan fingerprint density at radius 3 is 1.27 bits per heavy atom. The average molecular weight is 427 g/mol. The van der Waals surface area contributed by atoms with Crippen LogP contribution in [0.5, 0.6) is 0 Å². The quantitative estimate of drug-likeness (QED) is 0.253. The lowest BCUT2D eigenvalue weighted by Crippen LogP contribution is -1.81. The van der Waals surface area contributed by atoms with Gasteiger partial charge in [-0.3, -0.25) is 9.98 Å². The molecular weight excluding hydrogens is 404 g/mol. The van der Waals surface area contributed by atoms with Gasteiger partial charge in [0, 0.05) is 11.1 Å². The summed E-state index contributed by atoms with van der Waals surface area (Å²) >= 11 is 0. The maximum atomic E-state index is 5.92. The van der Waals surface area contributed by atoms with Gasteiger partial charge >= 0.3 is 0 Å². The number of nitrogens with zero attached hydrogens (tertiary/aromatic N) is 2. The minimum Gasteiger partial charge on any atom is -0.454 e. The van der Waals surface area contributed by atoms with Crippen LogP contribution in [0.1, 0.15) is 11.5 Å². The summed E-state index contributed by atoms with van der Waals surface area (Å²) in [5, 5.41) is 0. The molecule has 5 rings (SSSR count). The van der Waals surface area contributed by atoms with Crippen molar-refractivity contribution in [1.29, 1.82) is 0 Å². The summed E-state index contributed by atoms with van der Waals surface area (Å²) in [6, 6.07) is 40.5. The number of furan rings is 1. The van der Waals surface area contributed by atoms with Crippen molar-refractivity contribution >= 4 is 23.8 Å². The number of para-hydroxylation sites is 2. The lowest BCUT2D eigenvalue weighted by Gasteiger charge is -2.05. The zero-order chi connectivity index (χ0) is 22.3. The lowest BCUT2D eigenvalue weighted by atomic mass is 10.0. The fourth-order valence-electron chi connectivity index (χ4n) is 3.67. The van der Waals surface area contributed by atoms with E-state index in [9.17, 15) is 0 Å². The van der Waals surface area contributed by atoms with Gasteiger partial charge in [-0.25, -0.2) is 0 Å². The molecule has 0 N–H and O–H groups in total. The largest absolute Gasteiger partial charge is 0.454 e. The molecule has 0 atom stereocenters. The molecule has 3 nitrogen and oxygen atoms in total. The van der Waals surface area contributed by atoms with Crippen LogP contribution in [0.2, 0.25) is 0 Å². The van der Waals surface area contributed by atoms with Crippen molar-refractivity contribution in [1.82, 2.24) is 0 Å². The molecule has 158 valence electrons. The van der Waals surface area contributed by atoms with E-state index in [1.165, 1.54) is 0 Å². The topological polar surface area (TPSA) is 37.9 Å². The van der Waals surface area contributed by atoms with Crippen LogP contribution >= 0.6 is 0 Å². The third-order valence-corrected chi connectivity index (χ3v) is 5.29. The Kier molecular flexibility index (Phi) is 6.03. The van der Waals surface area contributed by atoms with E-state index in [0.717, 1.165) is 33.6 Å². The Hall–Kier alpha value is -4.50. The Morgan fingerprint density at radius 2 is 0.818 bits per heavy atom. The van der Waals surface area contributed by atoms with E-state index in [4.69, 9.17) is 4.42 Å². The molecule has 0 fully saturated rings. The Balaban J connectivity index is 1.36. The van der Waals surface area contributed by atoms with Gasteiger partial charge in [-0.15, -0.1) is 0 Å². The SMILES string of the molecule is C(=Nc1ccccc1-c1ccccc1)c1ccc(C=Nc2ccccc2-c2ccccc2)o1. The fraction of sp³-hybridized carbons (Fsp3) is 0. The van der Waals surface area contributed by atoms with Crippen molar-refractivity contribution in [2.45, 2.75) is 0 Å². The van der Waals surface area contributed by atoms with Gasteiger partial charge in [0.15, 0.2) is 0 Å². The third kappa shape index (κ3) is 4.89. The van der Waals surface area contributed by atoms with Crippen LogP contribution < -0.4 is 0 Å². The fourth-order valence-corrected chi connectivity index (χ4v) is 3.67. The van der Waals surface area contributed by atoms with Crippen LogP contribution in [0.3, 0.4) is 0 Å². The summed E-state index contributed by atoms with van der Waals surface area (Å²) in [4.78, 5) is 9.35. The number of benzene rings is 4. The highest BCUT2D eigenvalue weighted by Gasteiger charge is 2.05. The van der Waals surface area contributed by atoms with Crippen molar-refractivity contribution in [3.05, 3.63) is 133 Å². The zero-order valence-electron chi connectivity index (χ0n) is 18.0. The van der Waals surface area contributed by atoms with E-state index in [1.807, 2.05) is 84.9 Å². The highest BCUT2D eigenvalue weighted by Crippen LogP contribution is 2.31. The highest BCUT2D eigenvalue weighted by molar-refractivity contribution is 5.87. The minimum atomic E-state index is 0.677. The molecule has 5 aromatic rings. The summed E-state index contributed by atoms with van der Waals surface area (Å²) in [6.45, 7) is 0. The first-order chi connectivity index (χ1) is 16.4. The van der Waals surface area contributed by atoms with E-state index >= 15 is 0 Å². The second-order valence-electron chi connectivity index (χ2n) is 7.52.